The van der Waals surface area contributed by atoms with Gasteiger partial charge in [-0.15, -0.1) is 0 Å². The number of aromatic amines is 1. The van der Waals surface area contributed by atoms with Gasteiger partial charge in [-0.2, -0.15) is 4.98 Å². The van der Waals surface area contributed by atoms with Crippen molar-refractivity contribution in [3.8, 4) is 0 Å². The molecule has 1 aromatic heterocycles. The number of nitrogens with one attached hydrogen (secondary N) is 2. The van der Waals surface area contributed by atoms with E-state index in [1.54, 1.807) is 13.8 Å². The molecule has 4 N–H and O–H groups in total. The van der Waals surface area contributed by atoms with Crippen LogP contribution < -0.4 is 11.0 Å². The van der Waals surface area contributed by atoms with Crippen molar-refractivity contribution in [2.75, 3.05) is 0 Å². The molecule has 0 aromatic carbocycles. The van der Waals surface area contributed by atoms with Crippen LogP contribution in [0.4, 0.5) is 0 Å². The largest absolute Gasteiger partial charge is 0.483 e. The lowest BCUT2D eigenvalue weighted by Gasteiger charge is -2.26. The Labute approximate surface area is 150 Å². The van der Waals surface area contributed by atoms with Crippen molar-refractivity contribution >= 4 is 18.3 Å². The van der Waals surface area contributed by atoms with Gasteiger partial charge in [-0.1, -0.05) is 0 Å². The average Bonchev–Trinajstić information content (AvgIpc) is 2.55. The van der Waals surface area contributed by atoms with Crippen LogP contribution in [0, 0.1) is 19.8 Å². The zero-order valence-electron chi connectivity index (χ0n) is 14.9. The van der Waals surface area contributed by atoms with E-state index in [4.69, 9.17) is 15.0 Å². The molecule has 0 saturated heterocycles. The Morgan fingerprint density at radius 2 is 1.85 bits per heavy atom. The minimum Gasteiger partial charge on any atom is -0.483 e. The number of carbonyl (C=O) groups is 3. The van der Waals surface area contributed by atoms with Crippen molar-refractivity contribution in [3.05, 3.63) is 27.4 Å². The van der Waals surface area contributed by atoms with Gasteiger partial charge in [-0.05, 0) is 51.5 Å². The first kappa shape index (κ1) is 21.3. The topological polar surface area (TPSA) is 149 Å². The summed E-state index contributed by atoms with van der Waals surface area (Å²) < 4.78 is 0. The zero-order valence-corrected chi connectivity index (χ0v) is 14.9. The number of carboxylic acids is 1. The van der Waals surface area contributed by atoms with Gasteiger partial charge >= 0.3 is 11.7 Å². The van der Waals surface area contributed by atoms with E-state index >= 15 is 0 Å². The molecule has 1 saturated carbocycles. The fraction of sp³-hybridized carbons (Fsp3) is 0.588. The van der Waals surface area contributed by atoms with Gasteiger partial charge in [0.15, 0.2) is 0 Å². The first-order valence-corrected chi connectivity index (χ1v) is 8.44. The molecule has 0 bridgehead atoms. The predicted molar refractivity (Wildman–Crippen MR) is 92.9 cm³/mol. The highest BCUT2D eigenvalue weighted by Gasteiger charge is 2.26. The molecule has 0 radical (unpaired) electrons. The van der Waals surface area contributed by atoms with Gasteiger partial charge in [-0.25, -0.2) is 4.79 Å². The third-order valence-electron chi connectivity index (χ3n) is 4.50. The molecule has 0 aliphatic heterocycles. The maximum atomic E-state index is 12.1. The molecule has 144 valence electrons. The molecule has 26 heavy (non-hydrogen) atoms. The summed E-state index contributed by atoms with van der Waals surface area (Å²) in [5, 5.41) is 18.8. The smallest absolute Gasteiger partial charge is 0.345 e. The minimum atomic E-state index is -0.744. The second-order valence-corrected chi connectivity index (χ2v) is 6.29. The number of hydrogen-bond donors (Lipinski definition) is 4. The van der Waals surface area contributed by atoms with E-state index in [0.29, 0.717) is 44.2 Å². The number of hydrogen-bond acceptors (Lipinski definition) is 5. The van der Waals surface area contributed by atoms with Crippen molar-refractivity contribution in [3.63, 3.8) is 0 Å². The Balaban J connectivity index is 0.00000105. The number of rotatable bonds is 5. The second kappa shape index (κ2) is 10.3. The van der Waals surface area contributed by atoms with Crippen molar-refractivity contribution in [2.45, 2.75) is 58.4 Å². The van der Waals surface area contributed by atoms with Crippen LogP contribution in [0.1, 0.15) is 49.1 Å². The monoisotopic (exact) mass is 367 g/mol. The molecule has 0 unspecified atom stereocenters. The molecule has 1 aromatic rings. The third kappa shape index (κ3) is 6.66. The molecule has 2 rings (SSSR count). The number of carboxylic acid groups (broad SMARTS) is 2. The Hall–Kier alpha value is -2.71. The lowest BCUT2D eigenvalue weighted by molar-refractivity contribution is -0.142. The summed E-state index contributed by atoms with van der Waals surface area (Å²) in [5.74, 6) is -1.07. The van der Waals surface area contributed by atoms with Gasteiger partial charge in [0.05, 0.1) is 5.92 Å². The molecular weight excluding hydrogens is 342 g/mol. The number of H-pyrrole nitrogens is 1. The highest BCUT2D eigenvalue weighted by molar-refractivity contribution is 5.76. The van der Waals surface area contributed by atoms with E-state index in [0.717, 1.165) is 11.3 Å². The number of amides is 1. The number of aromatic nitrogens is 2. The molecule has 1 heterocycles. The van der Waals surface area contributed by atoms with Crippen molar-refractivity contribution in [1.29, 1.82) is 0 Å². The molecule has 0 spiro atoms. The number of nitrogens with zero attached hydrogens (tertiary/aromatic N) is 1. The Kier molecular flexibility index (Phi) is 8.47. The number of aryl methyl sites for hydroxylation is 2. The summed E-state index contributed by atoms with van der Waals surface area (Å²) in [6.07, 6.45) is 3.50. The minimum absolute atomic E-state index is 0.0474. The van der Waals surface area contributed by atoms with E-state index in [1.165, 1.54) is 0 Å². The van der Waals surface area contributed by atoms with Gasteiger partial charge in [0.1, 0.15) is 0 Å². The van der Waals surface area contributed by atoms with Crippen LogP contribution >= 0.6 is 0 Å². The summed E-state index contributed by atoms with van der Waals surface area (Å²) in [4.78, 5) is 49.1. The van der Waals surface area contributed by atoms with Crippen LogP contribution in [0.15, 0.2) is 4.79 Å². The predicted octanol–water partition coefficient (Wildman–Crippen LogP) is 0.780. The van der Waals surface area contributed by atoms with Crippen LogP contribution in [0.3, 0.4) is 0 Å². The van der Waals surface area contributed by atoms with E-state index in [2.05, 4.69) is 15.3 Å². The normalized spacial score (nSPS) is 19.0. The molecule has 0 atom stereocenters. The maximum absolute atomic E-state index is 12.1. The fourth-order valence-electron chi connectivity index (χ4n) is 3.15. The first-order valence-electron chi connectivity index (χ1n) is 8.44. The third-order valence-corrected chi connectivity index (χ3v) is 4.50. The van der Waals surface area contributed by atoms with Crippen LogP contribution in [-0.2, 0) is 20.8 Å². The summed E-state index contributed by atoms with van der Waals surface area (Å²) in [6.45, 7) is 3.32. The molecule has 1 aliphatic carbocycles. The van der Waals surface area contributed by atoms with Crippen LogP contribution in [-0.4, -0.2) is 44.6 Å². The quantitative estimate of drug-likeness (QED) is 0.562. The average molecular weight is 367 g/mol. The zero-order chi connectivity index (χ0) is 19.7. The lowest BCUT2D eigenvalue weighted by Crippen LogP contribution is -2.38. The standard InChI is InChI=1S/C16H23N3O4.CH2O2/c1-9-13(10(2)18-16(23)17-9)7-8-14(20)19-12-5-3-11(4-6-12)15(21)22;2-1-3/h11-12H,3-8H2,1-2H3,(H,19,20)(H,21,22)(H,17,18,23);1H,(H,2,3). The van der Waals surface area contributed by atoms with Crippen LogP contribution in [0.5, 0.6) is 0 Å². The summed E-state index contributed by atoms with van der Waals surface area (Å²) >= 11 is 0. The van der Waals surface area contributed by atoms with Gasteiger partial charge in [0, 0.05) is 23.9 Å². The highest BCUT2D eigenvalue weighted by Crippen LogP contribution is 2.24. The van der Waals surface area contributed by atoms with Crippen molar-refractivity contribution < 1.29 is 24.6 Å². The van der Waals surface area contributed by atoms with Gasteiger partial charge < -0.3 is 20.5 Å². The molecule has 1 fully saturated rings. The summed E-state index contributed by atoms with van der Waals surface area (Å²) in [6, 6.07) is 0.0639. The fourth-order valence-corrected chi connectivity index (χ4v) is 3.15. The summed E-state index contributed by atoms with van der Waals surface area (Å²) in [5.41, 5.74) is 1.93. The van der Waals surface area contributed by atoms with Crippen LogP contribution in [0.25, 0.3) is 0 Å². The van der Waals surface area contributed by atoms with Crippen LogP contribution in [0.2, 0.25) is 0 Å². The van der Waals surface area contributed by atoms with Gasteiger partial charge in [0.2, 0.25) is 5.91 Å². The Bertz CT molecular complexity index is 666. The van der Waals surface area contributed by atoms with Gasteiger partial charge in [0.25, 0.3) is 6.47 Å². The second-order valence-electron chi connectivity index (χ2n) is 6.29. The Morgan fingerprint density at radius 3 is 2.35 bits per heavy atom. The number of carbonyl (C=O) groups excluding carboxylic acids is 1. The highest BCUT2D eigenvalue weighted by atomic mass is 16.4. The van der Waals surface area contributed by atoms with E-state index < -0.39 is 5.97 Å². The van der Waals surface area contributed by atoms with E-state index in [1.807, 2.05) is 0 Å². The maximum Gasteiger partial charge on any atom is 0.345 e. The molecular formula is C17H25N3O6. The number of aliphatic carboxylic acids is 1. The first-order chi connectivity index (χ1) is 12.3. The molecule has 9 nitrogen and oxygen atoms in total. The van der Waals surface area contributed by atoms with Crippen molar-refractivity contribution in [2.24, 2.45) is 5.92 Å². The SMILES string of the molecule is Cc1nc(=O)[nH]c(C)c1CCC(=O)NC1CCC(C(=O)O)CC1.O=CO. The van der Waals surface area contributed by atoms with Gasteiger partial charge in [-0.3, -0.25) is 14.4 Å². The van der Waals surface area contributed by atoms with E-state index in [9.17, 15) is 14.4 Å². The van der Waals surface area contributed by atoms with E-state index in [-0.39, 0.29) is 30.0 Å². The Morgan fingerprint density at radius 1 is 1.27 bits per heavy atom. The lowest BCUT2D eigenvalue weighted by atomic mass is 9.86. The summed E-state index contributed by atoms with van der Waals surface area (Å²) in [7, 11) is 0. The molecule has 1 amide bonds. The molecule has 1 aliphatic rings. The molecule has 9 heteroatoms. The van der Waals surface area contributed by atoms with Crippen molar-refractivity contribution in [1.82, 2.24) is 15.3 Å².